The highest BCUT2D eigenvalue weighted by Crippen LogP contribution is 2.29. The molecule has 1 aromatic carbocycles. The molecule has 1 saturated carbocycles. The largest absolute Gasteiger partial charge is 0.495 e. The Bertz CT molecular complexity index is 576. The zero-order chi connectivity index (χ0) is 14.8. The molecule has 1 aromatic rings. The predicted octanol–water partition coefficient (Wildman–Crippen LogP) is 2.30. The Morgan fingerprint density at radius 1 is 1.30 bits per heavy atom. The van der Waals surface area contributed by atoms with Crippen molar-refractivity contribution in [1.82, 2.24) is 4.72 Å². The summed E-state index contributed by atoms with van der Waals surface area (Å²) in [7, 11) is -0.492. The molecule has 2 unspecified atom stereocenters. The van der Waals surface area contributed by atoms with E-state index in [1.165, 1.54) is 7.11 Å². The van der Waals surface area contributed by atoms with Crippen molar-refractivity contribution in [2.45, 2.75) is 36.3 Å². The number of methoxy groups -OCH3 is 2. The van der Waals surface area contributed by atoms with Crippen molar-refractivity contribution in [1.29, 1.82) is 0 Å². The summed E-state index contributed by atoms with van der Waals surface area (Å²) in [5, 5.41) is 0. The third-order valence-electron chi connectivity index (χ3n) is 3.45. The standard InChI is InChI=1S/C13H18BrNO4S/c1-18-11-5-4-10(8-11)15-20(16,17)13-7-9(14)3-6-12(13)19-2/h3,6-7,10-11,15H,4-5,8H2,1-2H3. The summed E-state index contributed by atoms with van der Waals surface area (Å²) in [6, 6.07) is 4.83. The molecule has 1 aliphatic rings. The summed E-state index contributed by atoms with van der Waals surface area (Å²) in [5.41, 5.74) is 0. The van der Waals surface area contributed by atoms with Gasteiger partial charge in [-0.2, -0.15) is 0 Å². The normalized spacial score (nSPS) is 22.9. The first kappa shape index (κ1) is 15.8. The van der Waals surface area contributed by atoms with E-state index in [9.17, 15) is 8.42 Å². The van der Waals surface area contributed by atoms with Gasteiger partial charge in [0.05, 0.1) is 13.2 Å². The van der Waals surface area contributed by atoms with Crippen LogP contribution < -0.4 is 9.46 Å². The van der Waals surface area contributed by atoms with Crippen molar-refractivity contribution in [3.05, 3.63) is 22.7 Å². The minimum absolute atomic E-state index is 0.0892. The van der Waals surface area contributed by atoms with Gasteiger partial charge in [0.2, 0.25) is 10.0 Å². The maximum Gasteiger partial charge on any atom is 0.244 e. The van der Waals surface area contributed by atoms with E-state index in [4.69, 9.17) is 9.47 Å². The van der Waals surface area contributed by atoms with Crippen LogP contribution in [0.4, 0.5) is 0 Å². The van der Waals surface area contributed by atoms with Crippen LogP contribution in [0, 0.1) is 0 Å². The monoisotopic (exact) mass is 363 g/mol. The fraction of sp³-hybridized carbons (Fsp3) is 0.538. The highest BCUT2D eigenvalue weighted by atomic mass is 79.9. The van der Waals surface area contributed by atoms with Gasteiger partial charge in [0, 0.05) is 17.6 Å². The molecule has 0 heterocycles. The average Bonchev–Trinajstić information content (AvgIpc) is 2.85. The molecule has 0 aromatic heterocycles. The second kappa shape index (κ2) is 6.43. The lowest BCUT2D eigenvalue weighted by molar-refractivity contribution is 0.107. The zero-order valence-electron chi connectivity index (χ0n) is 11.4. The molecule has 2 rings (SSSR count). The fourth-order valence-electron chi connectivity index (χ4n) is 2.40. The molecule has 0 saturated heterocycles. The van der Waals surface area contributed by atoms with Gasteiger partial charge in [-0.25, -0.2) is 13.1 Å². The van der Waals surface area contributed by atoms with E-state index < -0.39 is 10.0 Å². The molecule has 1 aliphatic carbocycles. The van der Waals surface area contributed by atoms with Crippen molar-refractivity contribution < 1.29 is 17.9 Å². The van der Waals surface area contributed by atoms with Crippen molar-refractivity contribution >= 4 is 26.0 Å². The van der Waals surface area contributed by atoms with Gasteiger partial charge in [-0.3, -0.25) is 0 Å². The Morgan fingerprint density at radius 3 is 2.65 bits per heavy atom. The maximum absolute atomic E-state index is 12.5. The zero-order valence-corrected chi connectivity index (χ0v) is 13.8. The summed E-state index contributed by atoms with van der Waals surface area (Å²) in [5.74, 6) is 0.335. The molecule has 0 aliphatic heterocycles. The second-order valence-electron chi connectivity index (χ2n) is 4.78. The predicted molar refractivity (Wildman–Crippen MR) is 79.5 cm³/mol. The summed E-state index contributed by atoms with van der Waals surface area (Å²) in [6.45, 7) is 0. The molecule has 0 bridgehead atoms. The molecular formula is C13H18BrNO4S. The van der Waals surface area contributed by atoms with Crippen LogP contribution in [-0.2, 0) is 14.8 Å². The van der Waals surface area contributed by atoms with E-state index in [1.807, 2.05) is 0 Å². The maximum atomic E-state index is 12.5. The van der Waals surface area contributed by atoms with Crippen LogP contribution in [0.25, 0.3) is 0 Å². The van der Waals surface area contributed by atoms with Crippen molar-refractivity contribution in [2.75, 3.05) is 14.2 Å². The lowest BCUT2D eigenvalue weighted by Crippen LogP contribution is -2.33. The third kappa shape index (κ3) is 3.52. The van der Waals surface area contributed by atoms with Crippen LogP contribution in [-0.4, -0.2) is 34.8 Å². The Labute approximate surface area is 127 Å². The van der Waals surface area contributed by atoms with Gasteiger partial charge in [0.15, 0.2) is 0 Å². The Hall–Kier alpha value is -0.630. The van der Waals surface area contributed by atoms with Crippen LogP contribution in [0.1, 0.15) is 19.3 Å². The quantitative estimate of drug-likeness (QED) is 0.871. The summed E-state index contributed by atoms with van der Waals surface area (Å²) in [4.78, 5) is 0.148. The Kier molecular flexibility index (Phi) is 5.06. The number of halogens is 1. The van der Waals surface area contributed by atoms with E-state index in [0.717, 1.165) is 12.8 Å². The van der Waals surface area contributed by atoms with Crippen molar-refractivity contribution in [3.8, 4) is 5.75 Å². The van der Waals surface area contributed by atoms with E-state index in [-0.39, 0.29) is 17.0 Å². The van der Waals surface area contributed by atoms with Gasteiger partial charge in [0.1, 0.15) is 10.6 Å². The number of ether oxygens (including phenoxy) is 2. The van der Waals surface area contributed by atoms with Crippen LogP contribution in [0.2, 0.25) is 0 Å². The summed E-state index contributed by atoms with van der Waals surface area (Å²) >= 11 is 3.28. The van der Waals surface area contributed by atoms with Gasteiger partial charge in [-0.1, -0.05) is 15.9 Å². The molecule has 0 radical (unpaired) electrons. The number of sulfonamides is 1. The van der Waals surface area contributed by atoms with Crippen LogP contribution in [0.5, 0.6) is 5.75 Å². The van der Waals surface area contributed by atoms with Gasteiger partial charge < -0.3 is 9.47 Å². The first-order chi connectivity index (χ1) is 9.46. The van der Waals surface area contributed by atoms with E-state index in [0.29, 0.717) is 16.6 Å². The molecule has 1 fully saturated rings. The lowest BCUT2D eigenvalue weighted by atomic mass is 10.3. The molecule has 0 spiro atoms. The summed E-state index contributed by atoms with van der Waals surface area (Å²) in [6.07, 6.45) is 2.49. The highest BCUT2D eigenvalue weighted by molar-refractivity contribution is 9.10. The van der Waals surface area contributed by atoms with Crippen LogP contribution in [0.15, 0.2) is 27.6 Å². The number of hydrogen-bond donors (Lipinski definition) is 1. The molecule has 5 nitrogen and oxygen atoms in total. The molecule has 2 atom stereocenters. The number of nitrogens with one attached hydrogen (secondary N) is 1. The minimum Gasteiger partial charge on any atom is -0.495 e. The highest BCUT2D eigenvalue weighted by Gasteiger charge is 2.30. The minimum atomic E-state index is -3.60. The molecule has 7 heteroatoms. The molecule has 1 N–H and O–H groups in total. The number of hydrogen-bond acceptors (Lipinski definition) is 4. The van der Waals surface area contributed by atoms with Gasteiger partial charge in [-0.15, -0.1) is 0 Å². The molecule has 112 valence electrons. The molecule has 20 heavy (non-hydrogen) atoms. The number of rotatable bonds is 5. The Balaban J connectivity index is 2.20. The molecular weight excluding hydrogens is 346 g/mol. The fourth-order valence-corrected chi connectivity index (χ4v) is 4.40. The average molecular weight is 364 g/mol. The van der Waals surface area contributed by atoms with Crippen molar-refractivity contribution in [2.24, 2.45) is 0 Å². The van der Waals surface area contributed by atoms with Gasteiger partial charge in [0.25, 0.3) is 0 Å². The molecule has 0 amide bonds. The van der Waals surface area contributed by atoms with E-state index in [2.05, 4.69) is 20.7 Å². The topological polar surface area (TPSA) is 64.6 Å². The first-order valence-electron chi connectivity index (χ1n) is 6.35. The van der Waals surface area contributed by atoms with Crippen molar-refractivity contribution in [3.63, 3.8) is 0 Å². The SMILES string of the molecule is COc1ccc(Br)cc1S(=O)(=O)NC1CCC(OC)C1. The first-order valence-corrected chi connectivity index (χ1v) is 8.62. The van der Waals surface area contributed by atoms with Crippen LogP contribution in [0.3, 0.4) is 0 Å². The summed E-state index contributed by atoms with van der Waals surface area (Å²) < 4.78 is 38.7. The van der Waals surface area contributed by atoms with E-state index in [1.54, 1.807) is 25.3 Å². The lowest BCUT2D eigenvalue weighted by Gasteiger charge is -2.15. The number of benzene rings is 1. The third-order valence-corrected chi connectivity index (χ3v) is 5.49. The van der Waals surface area contributed by atoms with Gasteiger partial charge in [-0.05, 0) is 37.5 Å². The van der Waals surface area contributed by atoms with Crippen LogP contribution >= 0.6 is 15.9 Å². The Morgan fingerprint density at radius 2 is 2.05 bits per heavy atom. The van der Waals surface area contributed by atoms with E-state index >= 15 is 0 Å². The second-order valence-corrected chi connectivity index (χ2v) is 7.38. The van der Waals surface area contributed by atoms with Gasteiger partial charge >= 0.3 is 0 Å². The smallest absolute Gasteiger partial charge is 0.244 e.